The molecule has 47 heavy (non-hydrogen) atoms. The highest BCUT2D eigenvalue weighted by molar-refractivity contribution is 8.15. The van der Waals surface area contributed by atoms with Crippen molar-refractivity contribution in [3.05, 3.63) is 83.2 Å². The Balaban J connectivity index is 0.000000256. The van der Waals surface area contributed by atoms with Gasteiger partial charge in [-0.25, -0.2) is 18.8 Å². The van der Waals surface area contributed by atoms with Gasteiger partial charge >= 0.3 is 0 Å². The standard InChI is InChI=1S/C17H18F2N4O.C16H19ClN2O3S/c1-11(18)24-14-6-4-13(5-7-14)22-10-23-17(20)12-3-8-16(21-2)15(19)9-12;1-3-13(17)8-22-7-12-5-4-11(2)6-14(12)19-15(21)9-23-16(19)18-10-20/h3-11,21H,1-2H3,(H2,20,22,23);4-6,10,13H,3,7-9H2,1-2H3. The van der Waals surface area contributed by atoms with Gasteiger partial charge in [0.15, 0.2) is 5.17 Å². The van der Waals surface area contributed by atoms with Crippen molar-refractivity contribution >= 4 is 70.1 Å². The molecule has 10 nitrogen and oxygen atoms in total. The lowest BCUT2D eigenvalue weighted by atomic mass is 10.1. The third-order valence-electron chi connectivity index (χ3n) is 6.48. The summed E-state index contributed by atoms with van der Waals surface area (Å²) in [4.78, 5) is 36.2. The molecule has 2 unspecified atom stereocenters. The lowest BCUT2D eigenvalue weighted by Crippen LogP contribution is -2.30. The van der Waals surface area contributed by atoms with Crippen molar-refractivity contribution in [3.8, 4) is 5.75 Å². The zero-order chi connectivity index (χ0) is 34.3. The Morgan fingerprint density at radius 1 is 1.19 bits per heavy atom. The highest BCUT2D eigenvalue weighted by atomic mass is 35.5. The molecule has 1 heterocycles. The summed E-state index contributed by atoms with van der Waals surface area (Å²) in [5, 5.41) is 3.10. The van der Waals surface area contributed by atoms with Crippen molar-refractivity contribution in [3.63, 3.8) is 0 Å². The number of aliphatic imine (C=N–C) groups is 3. The second-order valence-electron chi connectivity index (χ2n) is 10.0. The number of ether oxygens (including phenoxy) is 2. The van der Waals surface area contributed by atoms with Crippen LogP contribution >= 0.6 is 23.4 Å². The average molecular weight is 687 g/mol. The van der Waals surface area contributed by atoms with Gasteiger partial charge in [-0.2, -0.15) is 4.99 Å². The van der Waals surface area contributed by atoms with Crippen LogP contribution in [0.25, 0.3) is 0 Å². The maximum absolute atomic E-state index is 13.7. The smallest absolute Gasteiger partial charge is 0.243 e. The van der Waals surface area contributed by atoms with Gasteiger partial charge in [0, 0.05) is 25.1 Å². The molecule has 3 aromatic carbocycles. The van der Waals surface area contributed by atoms with Crippen LogP contribution in [-0.4, -0.2) is 60.8 Å². The number of alkyl halides is 2. The lowest BCUT2D eigenvalue weighted by Gasteiger charge is -2.20. The topological polar surface area (TPSA) is 131 Å². The highest BCUT2D eigenvalue weighted by Gasteiger charge is 2.31. The number of hydrogen-bond acceptors (Lipinski definition) is 7. The summed E-state index contributed by atoms with van der Waals surface area (Å²) in [6, 6.07) is 16.8. The molecule has 0 saturated carbocycles. The number of amidine groups is 2. The van der Waals surface area contributed by atoms with Crippen LogP contribution in [0.5, 0.6) is 5.75 Å². The number of halogens is 3. The van der Waals surface area contributed by atoms with Crippen molar-refractivity contribution < 1.29 is 27.8 Å². The molecule has 2 amide bonds. The molecule has 250 valence electrons. The molecule has 1 saturated heterocycles. The Bertz CT molecular complexity index is 1600. The molecule has 14 heteroatoms. The van der Waals surface area contributed by atoms with E-state index >= 15 is 0 Å². The van der Waals surface area contributed by atoms with Crippen LogP contribution in [0.15, 0.2) is 75.6 Å². The van der Waals surface area contributed by atoms with Gasteiger partial charge in [-0.15, -0.1) is 11.6 Å². The molecule has 1 aliphatic heterocycles. The summed E-state index contributed by atoms with van der Waals surface area (Å²) < 4.78 is 36.9. The number of rotatable bonds is 13. The van der Waals surface area contributed by atoms with Gasteiger partial charge in [-0.1, -0.05) is 30.8 Å². The second-order valence-corrected chi connectivity index (χ2v) is 11.6. The number of nitrogens with zero attached hydrogens (tertiary/aromatic N) is 4. The SMILES string of the molecule is CCC(Cl)COCc1ccc(C)cc1N1C(=O)CSC1=NC=O.CNc1ccc(C(N)=NC=Nc2ccc(OC(C)F)cc2)cc1F. The molecule has 0 bridgehead atoms. The van der Waals surface area contributed by atoms with Gasteiger partial charge in [0.05, 0.1) is 41.4 Å². The number of carbonyl (C=O) groups is 2. The Kier molecular flexibility index (Phi) is 14.8. The van der Waals surface area contributed by atoms with Crippen LogP contribution < -0.4 is 20.7 Å². The molecule has 2 atom stereocenters. The third kappa shape index (κ3) is 11.5. The minimum Gasteiger partial charge on any atom is -0.461 e. The van der Waals surface area contributed by atoms with E-state index in [9.17, 15) is 18.4 Å². The van der Waals surface area contributed by atoms with E-state index in [1.54, 1.807) is 43.4 Å². The Labute approximate surface area is 282 Å². The summed E-state index contributed by atoms with van der Waals surface area (Å²) in [6.07, 6.45) is 1.18. The molecule has 0 aliphatic carbocycles. The zero-order valence-corrected chi connectivity index (χ0v) is 28.0. The number of benzene rings is 3. The number of hydrogen-bond donors (Lipinski definition) is 2. The Morgan fingerprint density at radius 2 is 1.94 bits per heavy atom. The fourth-order valence-electron chi connectivity index (χ4n) is 4.07. The summed E-state index contributed by atoms with van der Waals surface area (Å²) in [7, 11) is 1.63. The largest absolute Gasteiger partial charge is 0.461 e. The van der Waals surface area contributed by atoms with Gasteiger partial charge in [-0.3, -0.25) is 14.5 Å². The molecule has 3 N–H and O–H groups in total. The van der Waals surface area contributed by atoms with Gasteiger partial charge < -0.3 is 20.5 Å². The molecule has 1 aliphatic rings. The van der Waals surface area contributed by atoms with E-state index in [4.69, 9.17) is 26.8 Å². The van der Waals surface area contributed by atoms with Gasteiger partial charge in [0.2, 0.25) is 18.7 Å². The predicted octanol–water partition coefficient (Wildman–Crippen LogP) is 6.75. The van der Waals surface area contributed by atoms with Crippen molar-refractivity contribution in [1.29, 1.82) is 0 Å². The number of carbonyl (C=O) groups excluding carboxylic acids is 2. The first-order valence-electron chi connectivity index (χ1n) is 14.6. The van der Waals surface area contributed by atoms with Crippen LogP contribution in [0.3, 0.4) is 0 Å². The number of aryl methyl sites for hydroxylation is 1. The van der Waals surface area contributed by atoms with E-state index in [1.165, 1.54) is 36.0 Å². The molecule has 0 radical (unpaired) electrons. The van der Waals surface area contributed by atoms with E-state index in [-0.39, 0.29) is 22.9 Å². The van der Waals surface area contributed by atoms with Crippen LogP contribution in [0.2, 0.25) is 0 Å². The molecule has 0 spiro atoms. The summed E-state index contributed by atoms with van der Waals surface area (Å²) in [5.41, 5.74) is 9.84. The second kappa shape index (κ2) is 18.7. The summed E-state index contributed by atoms with van der Waals surface area (Å²) >= 11 is 7.32. The van der Waals surface area contributed by atoms with Crippen molar-refractivity contribution in [2.45, 2.75) is 45.5 Å². The first kappa shape index (κ1) is 37.1. The number of nitrogens with two attached hydrogens (primary N) is 1. The minimum absolute atomic E-state index is 0.0277. The quantitative estimate of drug-likeness (QED) is 0.0881. The molecule has 3 aromatic rings. The molecule has 0 aromatic heterocycles. The first-order chi connectivity index (χ1) is 22.6. The zero-order valence-electron chi connectivity index (χ0n) is 26.5. The molecular formula is C33H37ClF2N6O4S. The van der Waals surface area contributed by atoms with E-state index in [1.807, 2.05) is 32.0 Å². The van der Waals surface area contributed by atoms with Crippen LogP contribution in [-0.2, 0) is 20.9 Å². The van der Waals surface area contributed by atoms with Crippen molar-refractivity contribution in [2.75, 3.05) is 29.6 Å². The maximum atomic E-state index is 13.7. The molecule has 4 rings (SSSR count). The van der Waals surface area contributed by atoms with E-state index in [2.05, 4.69) is 20.3 Å². The van der Waals surface area contributed by atoms with Crippen LogP contribution in [0.1, 0.15) is 37.0 Å². The maximum Gasteiger partial charge on any atom is 0.243 e. The Morgan fingerprint density at radius 3 is 2.57 bits per heavy atom. The van der Waals surface area contributed by atoms with Gasteiger partial charge in [-0.05, 0) is 67.4 Å². The summed E-state index contributed by atoms with van der Waals surface area (Å²) in [5.74, 6) is 0.327. The van der Waals surface area contributed by atoms with E-state index in [0.717, 1.165) is 17.5 Å². The minimum atomic E-state index is -1.38. The predicted molar refractivity (Wildman–Crippen MR) is 187 cm³/mol. The third-order valence-corrected chi connectivity index (χ3v) is 7.85. The van der Waals surface area contributed by atoms with E-state index in [0.29, 0.717) is 53.2 Å². The van der Waals surface area contributed by atoms with Crippen molar-refractivity contribution in [2.24, 2.45) is 20.7 Å². The van der Waals surface area contributed by atoms with Crippen molar-refractivity contribution in [1.82, 2.24) is 0 Å². The lowest BCUT2D eigenvalue weighted by molar-refractivity contribution is -0.115. The van der Waals surface area contributed by atoms with Gasteiger partial charge in [0.25, 0.3) is 0 Å². The van der Waals surface area contributed by atoms with Crippen LogP contribution in [0, 0.1) is 12.7 Å². The fraction of sp³-hybridized carbons (Fsp3) is 0.303. The average Bonchev–Trinajstić information content (AvgIpc) is 3.41. The highest BCUT2D eigenvalue weighted by Crippen LogP contribution is 2.31. The molecular weight excluding hydrogens is 650 g/mol. The monoisotopic (exact) mass is 686 g/mol. The first-order valence-corrected chi connectivity index (χ1v) is 16.0. The number of thioether (sulfide) groups is 1. The number of amides is 2. The normalized spacial score (nSPS) is 15.4. The van der Waals surface area contributed by atoms with Gasteiger partial charge in [0.1, 0.15) is 23.7 Å². The summed E-state index contributed by atoms with van der Waals surface area (Å²) in [6.45, 7) is 6.05. The van der Waals surface area contributed by atoms with Crippen LogP contribution in [0.4, 0.5) is 25.8 Å². The number of anilines is 2. The molecule has 1 fully saturated rings. The van der Waals surface area contributed by atoms with E-state index < -0.39 is 12.2 Å². The fourth-order valence-corrected chi connectivity index (χ4v) is 4.98. The number of nitrogens with one attached hydrogen (secondary N) is 1. The Hall–Kier alpha value is -4.33.